The topological polar surface area (TPSA) is 53.5 Å². The van der Waals surface area contributed by atoms with Gasteiger partial charge in [0.15, 0.2) is 0 Å². The number of hydrogen-bond acceptors (Lipinski definition) is 6. The Hall–Kier alpha value is -1.40. The Morgan fingerprint density at radius 3 is 3.00 bits per heavy atom. The maximum Gasteiger partial charge on any atom is 0.224 e. The normalized spacial score (nSPS) is 22.0. The molecular formula is C13H23N5O. The molecule has 106 valence electrons. The molecule has 1 saturated heterocycles. The molecule has 0 aromatic carbocycles. The molecule has 0 aliphatic carbocycles. The van der Waals surface area contributed by atoms with Gasteiger partial charge < -0.3 is 19.9 Å². The molecule has 19 heavy (non-hydrogen) atoms. The fourth-order valence-corrected chi connectivity index (χ4v) is 2.08. The first-order valence-electron chi connectivity index (χ1n) is 6.63. The molecule has 2 unspecified atom stereocenters. The van der Waals surface area contributed by atoms with Gasteiger partial charge >= 0.3 is 0 Å². The van der Waals surface area contributed by atoms with Crippen molar-refractivity contribution in [2.45, 2.75) is 19.1 Å². The Bertz CT molecular complexity index is 412. The number of hydrogen-bond donors (Lipinski definition) is 1. The van der Waals surface area contributed by atoms with E-state index >= 15 is 0 Å². The molecule has 6 heteroatoms. The van der Waals surface area contributed by atoms with E-state index in [4.69, 9.17) is 4.74 Å². The smallest absolute Gasteiger partial charge is 0.224 e. The highest BCUT2D eigenvalue weighted by atomic mass is 16.5. The lowest BCUT2D eigenvalue weighted by Gasteiger charge is -2.34. The third kappa shape index (κ3) is 3.78. The van der Waals surface area contributed by atoms with E-state index in [1.165, 1.54) is 0 Å². The molecule has 2 atom stereocenters. The first-order chi connectivity index (χ1) is 9.06. The average Bonchev–Trinajstić information content (AvgIpc) is 2.39. The summed E-state index contributed by atoms with van der Waals surface area (Å²) < 4.78 is 5.79. The summed E-state index contributed by atoms with van der Waals surface area (Å²) in [5.41, 5.74) is 0. The lowest BCUT2D eigenvalue weighted by atomic mass is 10.1. The van der Waals surface area contributed by atoms with Gasteiger partial charge in [-0.1, -0.05) is 0 Å². The largest absolute Gasteiger partial charge is 0.373 e. The summed E-state index contributed by atoms with van der Waals surface area (Å²) in [6, 6.07) is 2.07. The molecule has 2 heterocycles. The van der Waals surface area contributed by atoms with Crippen molar-refractivity contribution in [1.29, 1.82) is 0 Å². The molecule has 2 rings (SSSR count). The molecule has 6 nitrogen and oxygen atoms in total. The molecule has 0 saturated carbocycles. The number of ether oxygens (including phenoxy) is 1. The van der Waals surface area contributed by atoms with Gasteiger partial charge in [-0.2, -0.15) is 4.98 Å². The maximum atomic E-state index is 5.79. The van der Waals surface area contributed by atoms with E-state index in [9.17, 15) is 0 Å². The van der Waals surface area contributed by atoms with Crippen LogP contribution < -0.4 is 10.2 Å². The van der Waals surface area contributed by atoms with Gasteiger partial charge in [0.1, 0.15) is 5.82 Å². The number of nitrogens with zero attached hydrogens (tertiary/aromatic N) is 4. The van der Waals surface area contributed by atoms with Crippen LogP contribution in [-0.2, 0) is 4.74 Å². The van der Waals surface area contributed by atoms with E-state index in [0.717, 1.165) is 25.5 Å². The Balaban J connectivity index is 1.98. The van der Waals surface area contributed by atoms with Crippen molar-refractivity contribution in [3.05, 3.63) is 12.3 Å². The summed E-state index contributed by atoms with van der Waals surface area (Å²) in [7, 11) is 6.05. The highest BCUT2D eigenvalue weighted by Gasteiger charge is 2.24. The van der Waals surface area contributed by atoms with Crippen LogP contribution in [0.15, 0.2) is 12.3 Å². The first kappa shape index (κ1) is 14.0. The van der Waals surface area contributed by atoms with Crippen molar-refractivity contribution in [3.8, 4) is 0 Å². The Kier molecular flexibility index (Phi) is 4.55. The third-order valence-corrected chi connectivity index (χ3v) is 3.31. The zero-order valence-electron chi connectivity index (χ0n) is 12.1. The molecular weight excluding hydrogens is 242 g/mol. The Labute approximate surface area is 114 Å². The lowest BCUT2D eigenvalue weighted by molar-refractivity contribution is -0.0260. The van der Waals surface area contributed by atoms with Crippen molar-refractivity contribution in [2.75, 3.05) is 51.1 Å². The molecule has 0 spiro atoms. The minimum absolute atomic E-state index is 0.172. The van der Waals surface area contributed by atoms with Gasteiger partial charge in [0.2, 0.25) is 5.95 Å². The molecule has 1 aromatic rings. The number of anilines is 2. The molecule has 1 aliphatic rings. The number of nitrogens with one attached hydrogen (secondary N) is 1. The van der Waals surface area contributed by atoms with Crippen LogP contribution in [0, 0.1) is 0 Å². The van der Waals surface area contributed by atoms with E-state index in [1.807, 2.05) is 25.1 Å². The Morgan fingerprint density at radius 1 is 1.53 bits per heavy atom. The van der Waals surface area contributed by atoms with E-state index in [0.29, 0.717) is 5.95 Å². The van der Waals surface area contributed by atoms with Crippen molar-refractivity contribution >= 4 is 11.8 Å². The molecule has 0 amide bonds. The highest BCUT2D eigenvalue weighted by molar-refractivity contribution is 5.41. The SMILES string of the molecule is CC(Nc1nccc(N(C)C)n1)C1CN(C)CCO1. The van der Waals surface area contributed by atoms with Crippen LogP contribution in [0.3, 0.4) is 0 Å². The summed E-state index contributed by atoms with van der Waals surface area (Å²) in [5, 5.41) is 3.33. The van der Waals surface area contributed by atoms with Gasteiger partial charge in [0, 0.05) is 33.4 Å². The van der Waals surface area contributed by atoms with Crippen molar-refractivity contribution < 1.29 is 4.74 Å². The van der Waals surface area contributed by atoms with Crippen molar-refractivity contribution in [3.63, 3.8) is 0 Å². The quantitative estimate of drug-likeness (QED) is 0.864. The Morgan fingerprint density at radius 2 is 2.32 bits per heavy atom. The van der Waals surface area contributed by atoms with Crippen LogP contribution in [0.4, 0.5) is 11.8 Å². The van der Waals surface area contributed by atoms with Crippen LogP contribution in [0.1, 0.15) is 6.92 Å². The second kappa shape index (κ2) is 6.16. The molecule has 1 aliphatic heterocycles. The van der Waals surface area contributed by atoms with Gasteiger partial charge in [-0.3, -0.25) is 0 Å². The minimum Gasteiger partial charge on any atom is -0.373 e. The second-order valence-corrected chi connectivity index (χ2v) is 5.24. The standard InChI is InChI=1S/C13H23N5O/c1-10(11-9-18(4)7-8-19-11)15-13-14-6-5-12(16-13)17(2)3/h5-6,10-11H,7-9H2,1-4H3,(H,14,15,16). The molecule has 0 radical (unpaired) electrons. The fraction of sp³-hybridized carbons (Fsp3) is 0.692. The lowest BCUT2D eigenvalue weighted by Crippen LogP contribution is -2.47. The van der Waals surface area contributed by atoms with E-state index in [2.05, 4.69) is 34.2 Å². The monoisotopic (exact) mass is 265 g/mol. The van der Waals surface area contributed by atoms with Gasteiger partial charge in [0.25, 0.3) is 0 Å². The summed E-state index contributed by atoms with van der Waals surface area (Å²) >= 11 is 0. The van der Waals surface area contributed by atoms with Gasteiger partial charge in [0.05, 0.1) is 18.8 Å². The van der Waals surface area contributed by atoms with E-state index in [1.54, 1.807) is 6.20 Å². The van der Waals surface area contributed by atoms with Crippen LogP contribution in [-0.4, -0.2) is 67.9 Å². The third-order valence-electron chi connectivity index (χ3n) is 3.31. The van der Waals surface area contributed by atoms with Crippen LogP contribution >= 0.6 is 0 Å². The zero-order valence-corrected chi connectivity index (χ0v) is 12.1. The van der Waals surface area contributed by atoms with Crippen molar-refractivity contribution in [2.24, 2.45) is 0 Å². The van der Waals surface area contributed by atoms with Gasteiger partial charge in [-0.15, -0.1) is 0 Å². The van der Waals surface area contributed by atoms with E-state index < -0.39 is 0 Å². The second-order valence-electron chi connectivity index (χ2n) is 5.24. The van der Waals surface area contributed by atoms with Crippen LogP contribution in [0.2, 0.25) is 0 Å². The summed E-state index contributed by atoms with van der Waals surface area (Å²) in [5.74, 6) is 1.54. The summed E-state index contributed by atoms with van der Waals surface area (Å²) in [4.78, 5) is 13.0. The average molecular weight is 265 g/mol. The van der Waals surface area contributed by atoms with Gasteiger partial charge in [-0.05, 0) is 20.0 Å². The minimum atomic E-state index is 0.172. The maximum absolute atomic E-state index is 5.79. The van der Waals surface area contributed by atoms with Gasteiger partial charge in [-0.25, -0.2) is 4.98 Å². The number of rotatable bonds is 4. The zero-order chi connectivity index (χ0) is 13.8. The fourth-order valence-electron chi connectivity index (χ4n) is 2.08. The number of morpholine rings is 1. The van der Waals surface area contributed by atoms with Crippen LogP contribution in [0.25, 0.3) is 0 Å². The summed E-state index contributed by atoms with van der Waals surface area (Å²) in [6.45, 7) is 4.82. The predicted octanol–water partition coefficient (Wildman–Crippen LogP) is 0.674. The van der Waals surface area contributed by atoms with Crippen molar-refractivity contribution in [1.82, 2.24) is 14.9 Å². The number of aromatic nitrogens is 2. The molecule has 1 fully saturated rings. The highest BCUT2D eigenvalue weighted by Crippen LogP contribution is 2.13. The predicted molar refractivity (Wildman–Crippen MR) is 76.7 cm³/mol. The number of likely N-dealkylation sites (N-methyl/N-ethyl adjacent to an activating group) is 1. The van der Waals surface area contributed by atoms with Crippen LogP contribution in [0.5, 0.6) is 0 Å². The molecule has 1 aromatic heterocycles. The molecule has 0 bridgehead atoms. The first-order valence-corrected chi connectivity index (χ1v) is 6.63. The van der Waals surface area contributed by atoms with E-state index in [-0.39, 0.29) is 12.1 Å². The summed E-state index contributed by atoms with van der Waals surface area (Å²) in [6.07, 6.45) is 1.94. The molecule has 1 N–H and O–H groups in total.